The van der Waals surface area contributed by atoms with E-state index in [9.17, 15) is 9.59 Å². The van der Waals surface area contributed by atoms with Crippen LogP contribution in [0, 0.1) is 23.7 Å². The van der Waals surface area contributed by atoms with Gasteiger partial charge < -0.3 is 15.1 Å². The van der Waals surface area contributed by atoms with Gasteiger partial charge in [0.05, 0.1) is 18.0 Å². The smallest absolute Gasteiger partial charge is 0.233 e. The fourth-order valence-electron chi connectivity index (χ4n) is 5.08. The highest BCUT2D eigenvalue weighted by Crippen LogP contribution is 2.52. The minimum absolute atomic E-state index is 0.0196. The maximum Gasteiger partial charge on any atom is 0.233 e. The number of rotatable bonds is 7. The first-order chi connectivity index (χ1) is 15.7. The summed E-state index contributed by atoms with van der Waals surface area (Å²) in [6, 6.07) is 9.79. The van der Waals surface area contributed by atoms with Crippen LogP contribution in [-0.4, -0.2) is 47.3 Å². The molecule has 5 rings (SSSR count). The van der Waals surface area contributed by atoms with Crippen molar-refractivity contribution in [1.82, 2.24) is 20.5 Å². The molecule has 166 valence electrons. The molecule has 1 saturated carbocycles. The van der Waals surface area contributed by atoms with E-state index < -0.39 is 0 Å². The quantitative estimate of drug-likeness (QED) is 0.301. The third-order valence-corrected chi connectivity index (χ3v) is 6.52. The lowest BCUT2D eigenvalue weighted by molar-refractivity contribution is -0.140. The number of oxazole rings is 1. The molecule has 32 heavy (non-hydrogen) atoms. The van der Waals surface area contributed by atoms with Crippen molar-refractivity contribution in [3.8, 4) is 11.3 Å². The van der Waals surface area contributed by atoms with Crippen LogP contribution in [0.2, 0.25) is 0 Å². The number of aromatic nitrogens is 1. The van der Waals surface area contributed by atoms with Crippen molar-refractivity contribution in [3.63, 3.8) is 0 Å². The van der Waals surface area contributed by atoms with Crippen LogP contribution >= 0.6 is 0 Å². The zero-order chi connectivity index (χ0) is 22.1. The van der Waals surface area contributed by atoms with E-state index in [2.05, 4.69) is 32.8 Å². The van der Waals surface area contributed by atoms with Crippen molar-refractivity contribution < 1.29 is 14.0 Å². The van der Waals surface area contributed by atoms with Crippen LogP contribution in [0.3, 0.4) is 0 Å². The van der Waals surface area contributed by atoms with Gasteiger partial charge in [0.25, 0.3) is 0 Å². The van der Waals surface area contributed by atoms with Crippen LogP contribution in [0.25, 0.3) is 11.3 Å². The summed E-state index contributed by atoms with van der Waals surface area (Å²) in [5, 5.41) is 6.38. The van der Waals surface area contributed by atoms with Crippen LogP contribution in [0.1, 0.15) is 19.2 Å². The van der Waals surface area contributed by atoms with Crippen molar-refractivity contribution in [2.24, 2.45) is 28.7 Å². The topological polar surface area (TPSA) is 99.8 Å². The number of allylic oxidation sites excluding steroid dienone is 2. The molecular formula is C24H27N5O3. The Balaban J connectivity index is 1.17. The Labute approximate surface area is 186 Å². The number of carbonyl (C=O) groups excluding carboxylic acids is 2. The van der Waals surface area contributed by atoms with E-state index in [0.717, 1.165) is 12.0 Å². The van der Waals surface area contributed by atoms with Gasteiger partial charge in [-0.1, -0.05) is 42.5 Å². The van der Waals surface area contributed by atoms with Gasteiger partial charge in [-0.15, -0.1) is 0 Å². The Kier molecular flexibility index (Phi) is 5.51. The number of hydrogen-bond acceptors (Lipinski definition) is 5. The van der Waals surface area contributed by atoms with E-state index in [-0.39, 0.29) is 42.0 Å². The van der Waals surface area contributed by atoms with Gasteiger partial charge in [0, 0.05) is 25.2 Å². The molecule has 2 aromatic rings. The number of amides is 2. The van der Waals surface area contributed by atoms with Gasteiger partial charge >= 0.3 is 0 Å². The Bertz CT molecular complexity index is 1030. The fourth-order valence-corrected chi connectivity index (χ4v) is 5.08. The molecule has 8 heteroatoms. The van der Waals surface area contributed by atoms with Crippen molar-refractivity contribution >= 4 is 17.8 Å². The molecular weight excluding hydrogens is 406 g/mol. The predicted molar refractivity (Wildman–Crippen MR) is 119 cm³/mol. The molecule has 2 amide bonds. The van der Waals surface area contributed by atoms with E-state index in [0.29, 0.717) is 37.2 Å². The Morgan fingerprint density at radius 1 is 1.12 bits per heavy atom. The first-order valence-electron chi connectivity index (χ1n) is 11.2. The number of benzene rings is 1. The summed E-state index contributed by atoms with van der Waals surface area (Å²) < 4.78 is 5.80. The van der Waals surface area contributed by atoms with Crippen molar-refractivity contribution in [2.45, 2.75) is 19.9 Å². The molecule has 2 fully saturated rings. The van der Waals surface area contributed by atoms with Crippen LogP contribution in [-0.2, 0) is 16.1 Å². The van der Waals surface area contributed by atoms with Crippen molar-refractivity contribution in [2.75, 3.05) is 19.6 Å². The second kappa shape index (κ2) is 8.61. The summed E-state index contributed by atoms with van der Waals surface area (Å²) in [6.07, 6.45) is 6.87. The molecule has 4 unspecified atom stereocenters. The zero-order valence-electron chi connectivity index (χ0n) is 18.0. The highest BCUT2D eigenvalue weighted by atomic mass is 16.4. The van der Waals surface area contributed by atoms with Gasteiger partial charge in [-0.05, 0) is 25.2 Å². The number of carbonyl (C=O) groups is 2. The third-order valence-electron chi connectivity index (χ3n) is 6.52. The number of imide groups is 1. The number of fused-ring (bicyclic) bond motifs is 5. The van der Waals surface area contributed by atoms with Gasteiger partial charge in [0.15, 0.2) is 11.7 Å². The summed E-state index contributed by atoms with van der Waals surface area (Å²) in [7, 11) is 0. The average molecular weight is 434 g/mol. The number of hydrogen-bond donors (Lipinski definition) is 2. The third kappa shape index (κ3) is 3.70. The molecule has 2 bridgehead atoms. The van der Waals surface area contributed by atoms with Gasteiger partial charge in [-0.2, -0.15) is 0 Å². The Morgan fingerprint density at radius 3 is 2.53 bits per heavy atom. The summed E-state index contributed by atoms with van der Waals surface area (Å²) in [6.45, 7) is 3.72. The van der Waals surface area contributed by atoms with Gasteiger partial charge in [-0.3, -0.25) is 14.5 Å². The molecule has 1 aliphatic heterocycles. The zero-order valence-corrected chi connectivity index (χ0v) is 18.0. The summed E-state index contributed by atoms with van der Waals surface area (Å²) in [5.41, 5.74) is 0.966. The number of nitrogens with one attached hydrogen (secondary N) is 2. The van der Waals surface area contributed by atoms with Crippen LogP contribution in [0.4, 0.5) is 0 Å². The Morgan fingerprint density at radius 2 is 1.84 bits per heavy atom. The largest absolute Gasteiger partial charge is 0.439 e. The molecule has 0 radical (unpaired) electrons. The normalized spacial score (nSPS) is 26.2. The summed E-state index contributed by atoms with van der Waals surface area (Å²) in [5.74, 6) is 1.94. The molecule has 0 spiro atoms. The number of aliphatic imine (C=N–C) groups is 1. The average Bonchev–Trinajstić information content (AvgIpc) is 3.59. The SMILES string of the molecule is CCNC(=NCc1ncc(-c2ccccc2)o1)NCCN1C(=O)C2C3C=CC(C3)C2C1=O. The maximum atomic E-state index is 12.8. The maximum absolute atomic E-state index is 12.8. The standard InChI is InChI=1S/C24H27N5O3/c1-2-25-24(28-14-19-27-13-18(32-19)15-6-4-3-5-7-15)26-10-11-29-22(30)20-16-8-9-17(12-16)21(20)23(29)31/h3-9,13,16-17,20-21H,2,10-12,14H2,1H3,(H2,25,26,28). The molecule has 1 aromatic carbocycles. The number of likely N-dealkylation sites (tertiary alicyclic amines) is 1. The van der Waals surface area contributed by atoms with Gasteiger partial charge in [-0.25, -0.2) is 9.98 Å². The minimum atomic E-state index is -0.150. The lowest BCUT2D eigenvalue weighted by Crippen LogP contribution is -2.43. The van der Waals surface area contributed by atoms with Crippen LogP contribution < -0.4 is 10.6 Å². The first kappa shape index (κ1) is 20.5. The van der Waals surface area contributed by atoms with E-state index in [4.69, 9.17) is 4.42 Å². The molecule has 4 atom stereocenters. The minimum Gasteiger partial charge on any atom is -0.439 e. The first-order valence-corrected chi connectivity index (χ1v) is 11.2. The lowest BCUT2D eigenvalue weighted by atomic mass is 9.85. The van der Waals surface area contributed by atoms with E-state index in [1.165, 1.54) is 4.90 Å². The van der Waals surface area contributed by atoms with Crippen molar-refractivity contribution in [3.05, 3.63) is 54.6 Å². The molecule has 2 heterocycles. The van der Waals surface area contributed by atoms with E-state index in [1.54, 1.807) is 6.20 Å². The number of nitrogens with zero attached hydrogens (tertiary/aromatic N) is 3. The molecule has 1 saturated heterocycles. The van der Waals surface area contributed by atoms with Crippen molar-refractivity contribution in [1.29, 1.82) is 0 Å². The van der Waals surface area contributed by atoms with Crippen LogP contribution in [0.15, 0.2) is 58.1 Å². The van der Waals surface area contributed by atoms with E-state index in [1.807, 2.05) is 37.3 Å². The van der Waals surface area contributed by atoms with Gasteiger partial charge in [0.1, 0.15) is 6.54 Å². The predicted octanol–water partition coefficient (Wildman–Crippen LogP) is 2.20. The Hall–Kier alpha value is -3.42. The second-order valence-electron chi connectivity index (χ2n) is 8.43. The fraction of sp³-hybridized carbons (Fsp3) is 0.417. The molecule has 2 aliphatic carbocycles. The second-order valence-corrected chi connectivity index (χ2v) is 8.43. The van der Waals surface area contributed by atoms with Crippen LogP contribution in [0.5, 0.6) is 0 Å². The summed E-state index contributed by atoms with van der Waals surface area (Å²) in [4.78, 5) is 35.9. The molecule has 2 N–H and O–H groups in total. The van der Waals surface area contributed by atoms with E-state index >= 15 is 0 Å². The number of guanidine groups is 1. The highest BCUT2D eigenvalue weighted by Gasteiger charge is 2.58. The lowest BCUT2D eigenvalue weighted by Gasteiger charge is -2.18. The highest BCUT2D eigenvalue weighted by molar-refractivity contribution is 6.06. The molecule has 3 aliphatic rings. The molecule has 1 aromatic heterocycles. The molecule has 8 nitrogen and oxygen atoms in total. The monoisotopic (exact) mass is 433 g/mol. The summed E-state index contributed by atoms with van der Waals surface area (Å²) >= 11 is 0. The van der Waals surface area contributed by atoms with Gasteiger partial charge in [0.2, 0.25) is 17.7 Å².